The summed E-state index contributed by atoms with van der Waals surface area (Å²) in [4.78, 5) is 22.1. The first-order valence-electron chi connectivity index (χ1n) is 12.5. The van der Waals surface area contributed by atoms with Crippen LogP contribution in [-0.2, 0) is 5.54 Å². The molecule has 2 aromatic carbocycles. The number of H-pyrrole nitrogens is 1. The molecule has 188 valence electrons. The van der Waals surface area contributed by atoms with Crippen LogP contribution in [0.25, 0.3) is 11.4 Å². The second kappa shape index (κ2) is 9.74. The smallest absolute Gasteiger partial charge is 0.181 e. The number of carbonyl (C=O) groups excluding carboxylic acids is 1. The molecule has 4 aromatic rings. The molecule has 0 aliphatic carbocycles. The average Bonchev–Trinajstić information content (AvgIpc) is 3.59. The Morgan fingerprint density at radius 1 is 1.11 bits per heavy atom. The molecular formula is C28H27FN6O2. The number of anilines is 1. The van der Waals surface area contributed by atoms with Crippen molar-refractivity contribution < 1.29 is 13.9 Å². The van der Waals surface area contributed by atoms with E-state index in [-0.39, 0.29) is 29.7 Å². The number of ketones is 1. The summed E-state index contributed by atoms with van der Waals surface area (Å²) in [6, 6.07) is 16.2. The number of hydrogen-bond acceptors (Lipinski definition) is 7. The first-order valence-corrected chi connectivity index (χ1v) is 12.5. The number of carbonyl (C=O) groups is 1. The van der Waals surface area contributed by atoms with Gasteiger partial charge in [0, 0.05) is 47.1 Å². The summed E-state index contributed by atoms with van der Waals surface area (Å²) in [5.74, 6) is 1.10. The van der Waals surface area contributed by atoms with Crippen LogP contribution in [0.15, 0.2) is 67.0 Å². The van der Waals surface area contributed by atoms with E-state index in [1.54, 1.807) is 18.5 Å². The van der Waals surface area contributed by atoms with Gasteiger partial charge in [0.15, 0.2) is 29.0 Å². The first kappa shape index (κ1) is 23.3. The Labute approximate surface area is 213 Å². The second-order valence-corrected chi connectivity index (χ2v) is 9.57. The summed E-state index contributed by atoms with van der Waals surface area (Å²) in [5.41, 5.74) is 2.64. The van der Waals surface area contributed by atoms with Gasteiger partial charge < -0.3 is 15.4 Å². The van der Waals surface area contributed by atoms with Gasteiger partial charge in [0.05, 0.1) is 12.1 Å². The van der Waals surface area contributed by atoms with Crippen molar-refractivity contribution in [2.24, 2.45) is 0 Å². The van der Waals surface area contributed by atoms with Gasteiger partial charge in [0.1, 0.15) is 0 Å². The minimum absolute atomic E-state index is 0.00615. The van der Waals surface area contributed by atoms with E-state index in [0.717, 1.165) is 48.6 Å². The van der Waals surface area contributed by atoms with E-state index in [1.807, 2.05) is 42.5 Å². The highest BCUT2D eigenvalue weighted by Crippen LogP contribution is 2.39. The summed E-state index contributed by atoms with van der Waals surface area (Å²) in [5, 5.41) is 14.7. The van der Waals surface area contributed by atoms with Crippen LogP contribution in [0.4, 0.5) is 10.1 Å². The van der Waals surface area contributed by atoms with E-state index >= 15 is 0 Å². The molecule has 1 atom stereocenters. The molecule has 9 heteroatoms. The lowest BCUT2D eigenvalue weighted by molar-refractivity contribution is 0.0969. The van der Waals surface area contributed by atoms with Gasteiger partial charge in [-0.2, -0.15) is 5.10 Å². The molecule has 1 saturated heterocycles. The van der Waals surface area contributed by atoms with Gasteiger partial charge >= 0.3 is 0 Å². The molecule has 2 aromatic heterocycles. The monoisotopic (exact) mass is 498 g/mol. The number of piperidine rings is 1. The van der Waals surface area contributed by atoms with Crippen LogP contribution in [0.1, 0.15) is 46.9 Å². The molecule has 2 aliphatic rings. The van der Waals surface area contributed by atoms with Crippen LogP contribution in [0.2, 0.25) is 0 Å². The fourth-order valence-electron chi connectivity index (χ4n) is 5.21. The number of nitrogens with one attached hydrogen (secondary N) is 3. The van der Waals surface area contributed by atoms with Crippen molar-refractivity contribution in [1.82, 2.24) is 25.5 Å². The number of halogens is 1. The molecule has 1 fully saturated rings. The third kappa shape index (κ3) is 4.58. The number of rotatable bonds is 7. The number of nitrogens with zero attached hydrogens (tertiary/aromatic N) is 3. The minimum atomic E-state index is -0.457. The van der Waals surface area contributed by atoms with Gasteiger partial charge in [-0.3, -0.25) is 14.9 Å². The fourth-order valence-corrected chi connectivity index (χ4v) is 5.21. The maximum Gasteiger partial charge on any atom is 0.181 e. The zero-order chi connectivity index (χ0) is 25.2. The maximum absolute atomic E-state index is 14.0. The van der Waals surface area contributed by atoms with Crippen molar-refractivity contribution in [3.8, 4) is 17.1 Å². The largest absolute Gasteiger partial charge is 0.490 e. The molecule has 4 heterocycles. The molecule has 0 unspecified atom stereocenters. The SMILES string of the molecule is O=C(C[C@H]1COc2c(F)cccc21)c1cccc(NC2(c3nc(-c4ccncc4)n[nH]3)CCNCC2)c1. The average molecular weight is 499 g/mol. The zero-order valence-corrected chi connectivity index (χ0v) is 20.2. The zero-order valence-electron chi connectivity index (χ0n) is 20.2. The Bertz CT molecular complexity index is 1420. The number of fused-ring (bicyclic) bond motifs is 1. The molecule has 0 amide bonds. The van der Waals surface area contributed by atoms with E-state index in [2.05, 4.69) is 25.8 Å². The van der Waals surface area contributed by atoms with Crippen LogP contribution >= 0.6 is 0 Å². The lowest BCUT2D eigenvalue weighted by Gasteiger charge is -2.37. The van der Waals surface area contributed by atoms with Crippen LogP contribution in [-0.4, -0.2) is 45.6 Å². The Balaban J connectivity index is 1.23. The van der Waals surface area contributed by atoms with Gasteiger partial charge in [-0.25, -0.2) is 9.37 Å². The third-order valence-corrected chi connectivity index (χ3v) is 7.20. The Hall–Kier alpha value is -4.11. The maximum atomic E-state index is 14.0. The summed E-state index contributed by atoms with van der Waals surface area (Å²) in [7, 11) is 0. The van der Waals surface area contributed by atoms with Gasteiger partial charge in [0.25, 0.3) is 0 Å². The van der Waals surface area contributed by atoms with Crippen molar-refractivity contribution in [1.29, 1.82) is 0 Å². The highest BCUT2D eigenvalue weighted by atomic mass is 19.1. The molecule has 0 radical (unpaired) electrons. The fraction of sp³-hybridized carbons (Fsp3) is 0.286. The van der Waals surface area contributed by atoms with Crippen LogP contribution in [0.5, 0.6) is 5.75 Å². The molecule has 0 bridgehead atoms. The number of benzene rings is 2. The van der Waals surface area contributed by atoms with E-state index < -0.39 is 5.54 Å². The third-order valence-electron chi connectivity index (χ3n) is 7.20. The molecule has 8 nitrogen and oxygen atoms in total. The highest BCUT2D eigenvalue weighted by Gasteiger charge is 2.37. The summed E-state index contributed by atoms with van der Waals surface area (Å²) in [6.45, 7) is 1.96. The van der Waals surface area contributed by atoms with Crippen LogP contribution < -0.4 is 15.4 Å². The Morgan fingerprint density at radius 3 is 2.76 bits per heavy atom. The molecule has 0 spiro atoms. The quantitative estimate of drug-likeness (QED) is 0.324. The normalized spacial score (nSPS) is 18.1. The standard InChI is InChI=1S/C28H27FN6O2/c29-23-6-2-5-22-20(17-37-25(22)23)16-24(36)19-3-1-4-21(15-19)33-28(9-13-31-14-10-28)27-32-26(34-35-27)18-7-11-30-12-8-18/h1-8,11-12,15,20,31,33H,9-10,13-14,16-17H2,(H,32,34,35)/t20-/m0/s1. The lowest BCUT2D eigenvalue weighted by Crippen LogP contribution is -2.46. The molecular weight excluding hydrogens is 471 g/mol. The summed E-state index contributed by atoms with van der Waals surface area (Å²) >= 11 is 0. The summed E-state index contributed by atoms with van der Waals surface area (Å²) < 4.78 is 19.6. The number of Topliss-reactive ketones (excluding diaryl/α,β-unsaturated/α-hetero) is 1. The van der Waals surface area contributed by atoms with Crippen molar-refractivity contribution in [2.75, 3.05) is 25.0 Å². The highest BCUT2D eigenvalue weighted by molar-refractivity contribution is 5.97. The van der Waals surface area contributed by atoms with E-state index in [9.17, 15) is 9.18 Å². The molecule has 37 heavy (non-hydrogen) atoms. The van der Waals surface area contributed by atoms with Crippen LogP contribution in [0, 0.1) is 5.82 Å². The van der Waals surface area contributed by atoms with Gasteiger partial charge in [-0.05, 0) is 56.3 Å². The Morgan fingerprint density at radius 2 is 1.92 bits per heavy atom. The number of ether oxygens (including phenoxy) is 1. The van der Waals surface area contributed by atoms with Crippen molar-refractivity contribution >= 4 is 11.5 Å². The van der Waals surface area contributed by atoms with Crippen molar-refractivity contribution in [3.63, 3.8) is 0 Å². The predicted octanol–water partition coefficient (Wildman–Crippen LogP) is 4.45. The van der Waals surface area contributed by atoms with Gasteiger partial charge in [-0.1, -0.05) is 24.3 Å². The van der Waals surface area contributed by atoms with Crippen molar-refractivity contribution in [2.45, 2.75) is 30.7 Å². The van der Waals surface area contributed by atoms with Crippen molar-refractivity contribution in [3.05, 3.63) is 89.8 Å². The molecule has 6 rings (SSSR count). The van der Waals surface area contributed by atoms with Gasteiger partial charge in [0.2, 0.25) is 0 Å². The lowest BCUT2D eigenvalue weighted by atomic mass is 9.86. The number of hydrogen-bond donors (Lipinski definition) is 3. The first-order chi connectivity index (χ1) is 18.1. The van der Waals surface area contributed by atoms with E-state index in [4.69, 9.17) is 9.72 Å². The number of pyridine rings is 1. The molecule has 0 saturated carbocycles. The van der Waals surface area contributed by atoms with Crippen LogP contribution in [0.3, 0.4) is 0 Å². The predicted molar refractivity (Wildman–Crippen MR) is 137 cm³/mol. The van der Waals surface area contributed by atoms with Gasteiger partial charge in [-0.15, -0.1) is 0 Å². The molecule has 3 N–H and O–H groups in total. The number of aromatic nitrogens is 4. The second-order valence-electron chi connectivity index (χ2n) is 9.57. The van der Waals surface area contributed by atoms with E-state index in [1.165, 1.54) is 6.07 Å². The Kier molecular flexibility index (Phi) is 6.13. The number of aromatic amines is 1. The molecule has 2 aliphatic heterocycles. The van der Waals surface area contributed by atoms with E-state index in [0.29, 0.717) is 18.0 Å². The minimum Gasteiger partial charge on any atom is -0.490 e. The number of para-hydroxylation sites is 1. The summed E-state index contributed by atoms with van der Waals surface area (Å²) in [6.07, 6.45) is 5.31. The topological polar surface area (TPSA) is 105 Å².